The molecule has 0 bridgehead atoms. The normalized spacial score (nSPS) is 10.0. The molecule has 0 unspecified atom stereocenters. The van der Waals surface area contributed by atoms with E-state index in [2.05, 4.69) is 10.6 Å². The Morgan fingerprint density at radius 3 is 2.56 bits per heavy atom. The van der Waals surface area contributed by atoms with E-state index < -0.39 is 0 Å². The molecule has 25 heavy (non-hydrogen) atoms. The van der Waals surface area contributed by atoms with Crippen LogP contribution in [-0.2, 0) is 6.54 Å². The van der Waals surface area contributed by atoms with E-state index >= 15 is 0 Å². The first-order valence-corrected chi connectivity index (χ1v) is 8.15. The molecular weight excluding hydrogens is 320 g/mol. The van der Waals surface area contributed by atoms with Crippen LogP contribution in [0.15, 0.2) is 42.5 Å². The van der Waals surface area contributed by atoms with Crippen LogP contribution in [0.5, 0.6) is 17.2 Å². The van der Waals surface area contributed by atoms with Gasteiger partial charge in [-0.1, -0.05) is 19.1 Å². The molecule has 0 aromatic heterocycles. The first-order valence-electron chi connectivity index (χ1n) is 8.15. The average Bonchev–Trinajstić information content (AvgIpc) is 2.65. The zero-order valence-electron chi connectivity index (χ0n) is 14.8. The minimum Gasteiger partial charge on any atom is -0.497 e. The van der Waals surface area contributed by atoms with Crippen molar-refractivity contribution in [2.75, 3.05) is 26.1 Å². The Kier molecular flexibility index (Phi) is 6.95. The number of anilines is 1. The van der Waals surface area contributed by atoms with Crippen molar-refractivity contribution in [2.45, 2.75) is 19.9 Å². The van der Waals surface area contributed by atoms with Gasteiger partial charge in [0.1, 0.15) is 17.2 Å². The molecule has 0 saturated carbocycles. The quantitative estimate of drug-likeness (QED) is 0.764. The van der Waals surface area contributed by atoms with E-state index in [9.17, 15) is 4.79 Å². The first-order chi connectivity index (χ1) is 12.2. The van der Waals surface area contributed by atoms with Gasteiger partial charge in [-0.15, -0.1) is 0 Å². The van der Waals surface area contributed by atoms with Crippen LogP contribution in [0.25, 0.3) is 0 Å². The summed E-state index contributed by atoms with van der Waals surface area (Å²) in [4.78, 5) is 12.2. The van der Waals surface area contributed by atoms with E-state index in [1.807, 2.05) is 43.3 Å². The summed E-state index contributed by atoms with van der Waals surface area (Å²) in [6.07, 6.45) is 0.899. The van der Waals surface area contributed by atoms with E-state index in [0.717, 1.165) is 12.0 Å². The van der Waals surface area contributed by atoms with Gasteiger partial charge in [-0.25, -0.2) is 4.79 Å². The number of benzene rings is 2. The molecule has 0 fully saturated rings. The maximum absolute atomic E-state index is 12.2. The van der Waals surface area contributed by atoms with E-state index in [1.54, 1.807) is 20.3 Å². The van der Waals surface area contributed by atoms with Crippen molar-refractivity contribution < 1.29 is 19.0 Å². The number of nitrogens with one attached hydrogen (secondary N) is 2. The molecule has 2 amide bonds. The molecular formula is C19H24N2O4. The highest BCUT2D eigenvalue weighted by Crippen LogP contribution is 2.25. The average molecular weight is 344 g/mol. The van der Waals surface area contributed by atoms with Crippen LogP contribution in [-0.4, -0.2) is 26.9 Å². The minimum absolute atomic E-state index is 0.310. The minimum atomic E-state index is -0.322. The van der Waals surface area contributed by atoms with Gasteiger partial charge in [0, 0.05) is 12.1 Å². The zero-order valence-corrected chi connectivity index (χ0v) is 14.8. The third-order valence-corrected chi connectivity index (χ3v) is 3.52. The fraction of sp³-hybridized carbons (Fsp3) is 0.316. The lowest BCUT2D eigenvalue weighted by Gasteiger charge is -2.14. The molecule has 0 saturated heterocycles. The maximum Gasteiger partial charge on any atom is 0.319 e. The highest BCUT2D eigenvalue weighted by atomic mass is 16.5. The summed E-state index contributed by atoms with van der Waals surface area (Å²) >= 11 is 0. The summed E-state index contributed by atoms with van der Waals surface area (Å²) in [6.45, 7) is 2.94. The number of carbonyl (C=O) groups excluding carboxylic acids is 1. The topological polar surface area (TPSA) is 68.8 Å². The Morgan fingerprint density at radius 2 is 1.84 bits per heavy atom. The molecule has 0 aliphatic carbocycles. The monoisotopic (exact) mass is 344 g/mol. The molecule has 0 heterocycles. The number of hydrogen-bond donors (Lipinski definition) is 2. The summed E-state index contributed by atoms with van der Waals surface area (Å²) in [5.74, 6) is 2.04. The van der Waals surface area contributed by atoms with Crippen molar-refractivity contribution in [3.05, 3.63) is 48.0 Å². The third-order valence-electron chi connectivity index (χ3n) is 3.52. The summed E-state index contributed by atoms with van der Waals surface area (Å²) < 4.78 is 16.2. The number of urea groups is 1. The lowest BCUT2D eigenvalue weighted by atomic mass is 10.2. The molecule has 0 aliphatic rings. The number of ether oxygens (including phenoxy) is 3. The predicted molar refractivity (Wildman–Crippen MR) is 97.6 cm³/mol. The number of carbonyl (C=O) groups is 1. The zero-order chi connectivity index (χ0) is 18.1. The number of hydrogen-bond acceptors (Lipinski definition) is 4. The van der Waals surface area contributed by atoms with Crippen molar-refractivity contribution in [2.24, 2.45) is 0 Å². The first kappa shape index (κ1) is 18.4. The third kappa shape index (κ3) is 5.31. The lowest BCUT2D eigenvalue weighted by molar-refractivity contribution is 0.251. The van der Waals surface area contributed by atoms with Crippen LogP contribution in [0.2, 0.25) is 0 Å². The second-order valence-electron chi connectivity index (χ2n) is 5.33. The molecule has 0 atom stereocenters. The van der Waals surface area contributed by atoms with Crippen molar-refractivity contribution >= 4 is 11.7 Å². The van der Waals surface area contributed by atoms with Crippen LogP contribution in [0.1, 0.15) is 18.9 Å². The van der Waals surface area contributed by atoms with Crippen LogP contribution >= 0.6 is 0 Å². The van der Waals surface area contributed by atoms with Gasteiger partial charge < -0.3 is 24.8 Å². The molecule has 0 spiro atoms. The fourth-order valence-electron chi connectivity index (χ4n) is 2.27. The Morgan fingerprint density at radius 1 is 1.04 bits per heavy atom. The van der Waals surface area contributed by atoms with Crippen LogP contribution < -0.4 is 24.8 Å². The standard InChI is InChI=1S/C19H24N2O4/c1-4-11-25-18-8-6-5-7-16(18)21-19(22)20-13-14-12-15(23-2)9-10-17(14)24-3/h5-10,12H,4,11,13H2,1-3H3,(H2,20,21,22). The van der Waals surface area contributed by atoms with E-state index in [1.165, 1.54) is 0 Å². The highest BCUT2D eigenvalue weighted by molar-refractivity contribution is 5.90. The summed E-state index contributed by atoms with van der Waals surface area (Å²) in [6, 6.07) is 12.5. The lowest BCUT2D eigenvalue weighted by Crippen LogP contribution is -2.28. The SMILES string of the molecule is CCCOc1ccccc1NC(=O)NCc1cc(OC)ccc1OC. The van der Waals surface area contributed by atoms with E-state index in [0.29, 0.717) is 36.1 Å². The Hall–Kier alpha value is -2.89. The van der Waals surface area contributed by atoms with Crippen LogP contribution in [0.4, 0.5) is 10.5 Å². The van der Waals surface area contributed by atoms with Gasteiger partial charge in [0.2, 0.25) is 0 Å². The molecule has 2 rings (SSSR count). The molecule has 6 heteroatoms. The Balaban J connectivity index is 2.00. The molecule has 2 aromatic carbocycles. The van der Waals surface area contributed by atoms with Crippen LogP contribution in [0.3, 0.4) is 0 Å². The van der Waals surface area contributed by atoms with Crippen molar-refractivity contribution in [3.8, 4) is 17.2 Å². The Labute approximate surface area is 148 Å². The molecule has 6 nitrogen and oxygen atoms in total. The second kappa shape index (κ2) is 9.42. The van der Waals surface area contributed by atoms with Crippen LogP contribution in [0, 0.1) is 0 Å². The van der Waals surface area contributed by atoms with E-state index in [4.69, 9.17) is 14.2 Å². The molecule has 0 radical (unpaired) electrons. The Bertz CT molecular complexity index is 704. The maximum atomic E-state index is 12.2. The number of rotatable bonds is 8. The van der Waals surface area contributed by atoms with Gasteiger partial charge in [0.05, 0.1) is 26.5 Å². The predicted octanol–water partition coefficient (Wildman–Crippen LogP) is 3.81. The number of amides is 2. The van der Waals surface area contributed by atoms with Gasteiger partial charge in [-0.05, 0) is 36.8 Å². The fourth-order valence-corrected chi connectivity index (χ4v) is 2.27. The van der Waals surface area contributed by atoms with Gasteiger partial charge in [-0.2, -0.15) is 0 Å². The summed E-state index contributed by atoms with van der Waals surface area (Å²) in [7, 11) is 3.19. The van der Waals surface area contributed by atoms with Crippen molar-refractivity contribution in [1.29, 1.82) is 0 Å². The second-order valence-corrected chi connectivity index (χ2v) is 5.33. The summed E-state index contributed by atoms with van der Waals surface area (Å²) in [5, 5.41) is 5.62. The van der Waals surface area contributed by atoms with Gasteiger partial charge in [-0.3, -0.25) is 0 Å². The largest absolute Gasteiger partial charge is 0.497 e. The molecule has 0 aliphatic heterocycles. The van der Waals surface area contributed by atoms with E-state index in [-0.39, 0.29) is 6.03 Å². The summed E-state index contributed by atoms with van der Waals surface area (Å²) in [5.41, 5.74) is 1.46. The van der Waals surface area contributed by atoms with Gasteiger partial charge >= 0.3 is 6.03 Å². The smallest absolute Gasteiger partial charge is 0.319 e. The number of para-hydroxylation sites is 2. The van der Waals surface area contributed by atoms with Crippen molar-refractivity contribution in [3.63, 3.8) is 0 Å². The molecule has 134 valence electrons. The van der Waals surface area contributed by atoms with Gasteiger partial charge in [0.25, 0.3) is 0 Å². The molecule has 2 aromatic rings. The molecule has 2 N–H and O–H groups in total. The number of methoxy groups -OCH3 is 2. The van der Waals surface area contributed by atoms with Crippen molar-refractivity contribution in [1.82, 2.24) is 5.32 Å². The highest BCUT2D eigenvalue weighted by Gasteiger charge is 2.09. The van der Waals surface area contributed by atoms with Gasteiger partial charge in [0.15, 0.2) is 0 Å².